The van der Waals surface area contributed by atoms with Crippen LogP contribution in [0.25, 0.3) is 5.69 Å². The van der Waals surface area contributed by atoms with E-state index in [1.54, 1.807) is 6.21 Å². The molecule has 0 saturated carbocycles. The van der Waals surface area contributed by atoms with Crippen LogP contribution < -0.4 is 10.7 Å². The first kappa shape index (κ1) is 22.5. The number of carbonyl (C=O) groups is 2. The van der Waals surface area contributed by atoms with E-state index >= 15 is 0 Å². The van der Waals surface area contributed by atoms with Gasteiger partial charge in [-0.1, -0.05) is 52.3 Å². The van der Waals surface area contributed by atoms with Gasteiger partial charge in [-0.15, -0.1) is 0 Å². The zero-order valence-electron chi connectivity index (χ0n) is 17.6. The molecule has 0 fully saturated rings. The lowest BCUT2D eigenvalue weighted by Gasteiger charge is -2.09. The number of rotatable bonds is 8. The van der Waals surface area contributed by atoms with Gasteiger partial charge < -0.3 is 9.88 Å². The largest absolute Gasteiger partial charge is 0.355 e. The number of nitrogens with one attached hydrogen (secondary N) is 2. The monoisotopic (exact) mass is 480 g/mol. The summed E-state index contributed by atoms with van der Waals surface area (Å²) in [5.74, 6) is -0.772. The minimum absolute atomic E-state index is 0.261. The van der Waals surface area contributed by atoms with Gasteiger partial charge in [0.1, 0.15) is 6.42 Å². The van der Waals surface area contributed by atoms with Gasteiger partial charge in [0.15, 0.2) is 0 Å². The zero-order chi connectivity index (χ0) is 22.2. The van der Waals surface area contributed by atoms with Crippen molar-refractivity contribution in [2.24, 2.45) is 5.10 Å². The van der Waals surface area contributed by atoms with Crippen molar-refractivity contribution in [1.82, 2.24) is 15.3 Å². The molecule has 6 nitrogen and oxygen atoms in total. The molecule has 160 valence electrons. The molecule has 0 bridgehead atoms. The molecule has 3 aromatic rings. The molecule has 0 atom stereocenters. The predicted octanol–water partition coefficient (Wildman–Crippen LogP) is 4.06. The van der Waals surface area contributed by atoms with Crippen LogP contribution in [0.4, 0.5) is 0 Å². The molecule has 2 aromatic carbocycles. The van der Waals surface area contributed by atoms with E-state index in [0.717, 1.165) is 39.1 Å². The van der Waals surface area contributed by atoms with Crippen molar-refractivity contribution in [2.75, 3.05) is 6.54 Å². The van der Waals surface area contributed by atoms with Crippen molar-refractivity contribution in [1.29, 1.82) is 0 Å². The third-order valence-electron chi connectivity index (χ3n) is 4.83. The molecule has 2 N–H and O–H groups in total. The fourth-order valence-corrected chi connectivity index (χ4v) is 3.73. The summed E-state index contributed by atoms with van der Waals surface area (Å²) >= 11 is 3.50. The molecule has 7 heteroatoms. The van der Waals surface area contributed by atoms with E-state index < -0.39 is 5.91 Å². The van der Waals surface area contributed by atoms with Crippen molar-refractivity contribution in [3.63, 3.8) is 0 Å². The maximum absolute atomic E-state index is 12.0. The average Bonchev–Trinajstić information content (AvgIpc) is 3.02. The quantitative estimate of drug-likeness (QED) is 0.289. The summed E-state index contributed by atoms with van der Waals surface area (Å²) in [6.45, 7) is 4.50. The van der Waals surface area contributed by atoms with Gasteiger partial charge in [0.25, 0.3) is 0 Å². The Hall–Kier alpha value is -3.19. The van der Waals surface area contributed by atoms with Crippen LogP contribution in [0.2, 0.25) is 0 Å². The van der Waals surface area contributed by atoms with E-state index in [1.165, 1.54) is 0 Å². The molecule has 0 aliphatic heterocycles. The van der Waals surface area contributed by atoms with Crippen LogP contribution in [-0.4, -0.2) is 29.1 Å². The second kappa shape index (κ2) is 10.7. The first-order valence-corrected chi connectivity index (χ1v) is 10.8. The van der Waals surface area contributed by atoms with Crippen molar-refractivity contribution >= 4 is 34.0 Å². The number of nitrogens with zero attached hydrogens (tertiary/aromatic N) is 2. The van der Waals surface area contributed by atoms with Gasteiger partial charge in [-0.3, -0.25) is 9.59 Å². The maximum atomic E-state index is 12.0. The first-order valence-electron chi connectivity index (χ1n) is 10.0. The van der Waals surface area contributed by atoms with Crippen LogP contribution in [0, 0.1) is 13.8 Å². The van der Waals surface area contributed by atoms with E-state index in [4.69, 9.17) is 0 Å². The van der Waals surface area contributed by atoms with Crippen LogP contribution >= 0.6 is 15.9 Å². The number of hydrogen-bond donors (Lipinski definition) is 2. The van der Waals surface area contributed by atoms with E-state index in [0.29, 0.717) is 6.54 Å². The van der Waals surface area contributed by atoms with Crippen LogP contribution in [0.15, 0.2) is 70.2 Å². The fourth-order valence-electron chi connectivity index (χ4n) is 3.34. The minimum Gasteiger partial charge on any atom is -0.355 e. The molecule has 0 aliphatic rings. The van der Waals surface area contributed by atoms with Crippen LogP contribution in [-0.2, 0) is 16.0 Å². The highest BCUT2D eigenvalue weighted by Crippen LogP contribution is 2.22. The highest BCUT2D eigenvalue weighted by Gasteiger charge is 2.11. The predicted molar refractivity (Wildman–Crippen MR) is 126 cm³/mol. The van der Waals surface area contributed by atoms with Crippen LogP contribution in [0.1, 0.15) is 28.9 Å². The van der Waals surface area contributed by atoms with Crippen molar-refractivity contribution in [3.05, 3.63) is 87.7 Å². The second-order valence-electron chi connectivity index (χ2n) is 7.20. The Kier molecular flexibility index (Phi) is 7.78. The standard InChI is InChI=1S/C24H25BrN4O2/c1-17-13-20(18(2)29(17)22-10-6-9-21(25)14-22)16-27-28-24(31)15-23(30)26-12-11-19-7-4-3-5-8-19/h3-10,13-14,16H,11-12,15H2,1-2H3,(H,26,30)(H,28,31)/b27-16+. The van der Waals surface area contributed by atoms with Crippen molar-refractivity contribution in [3.8, 4) is 5.69 Å². The molecule has 3 rings (SSSR count). The molecule has 0 aliphatic carbocycles. The Morgan fingerprint density at radius 3 is 2.55 bits per heavy atom. The molecule has 1 heterocycles. The highest BCUT2D eigenvalue weighted by atomic mass is 79.9. The van der Waals surface area contributed by atoms with E-state index in [2.05, 4.69) is 36.3 Å². The number of amides is 2. The van der Waals surface area contributed by atoms with E-state index in [9.17, 15) is 9.59 Å². The lowest BCUT2D eigenvalue weighted by Crippen LogP contribution is -2.31. The van der Waals surface area contributed by atoms with Crippen molar-refractivity contribution in [2.45, 2.75) is 26.7 Å². The minimum atomic E-state index is -0.450. The van der Waals surface area contributed by atoms with Crippen molar-refractivity contribution < 1.29 is 9.59 Å². The number of aromatic nitrogens is 1. The number of halogens is 1. The number of carbonyl (C=O) groups excluding carboxylic acids is 2. The lowest BCUT2D eigenvalue weighted by molar-refractivity contribution is -0.129. The van der Waals surface area contributed by atoms with Gasteiger partial charge in [0.2, 0.25) is 11.8 Å². The summed E-state index contributed by atoms with van der Waals surface area (Å²) in [7, 11) is 0. The van der Waals surface area contributed by atoms with Gasteiger partial charge >= 0.3 is 0 Å². The Morgan fingerprint density at radius 2 is 1.81 bits per heavy atom. The highest BCUT2D eigenvalue weighted by molar-refractivity contribution is 9.10. The summed E-state index contributed by atoms with van der Waals surface area (Å²) in [6.07, 6.45) is 2.06. The Labute approximate surface area is 190 Å². The first-order chi connectivity index (χ1) is 14.9. The van der Waals surface area contributed by atoms with Gasteiger partial charge in [-0.2, -0.15) is 5.10 Å². The van der Waals surface area contributed by atoms with Gasteiger partial charge in [-0.25, -0.2) is 5.43 Å². The number of benzene rings is 2. The number of hydrogen-bond acceptors (Lipinski definition) is 3. The van der Waals surface area contributed by atoms with Crippen LogP contribution in [0.5, 0.6) is 0 Å². The molecule has 0 radical (unpaired) electrons. The molecule has 2 amide bonds. The summed E-state index contributed by atoms with van der Waals surface area (Å²) in [5, 5.41) is 6.78. The number of hydrazone groups is 1. The molecule has 0 spiro atoms. The van der Waals surface area contributed by atoms with Gasteiger partial charge in [-0.05, 0) is 50.1 Å². The third kappa shape index (κ3) is 6.39. The molecule has 0 unspecified atom stereocenters. The fraction of sp³-hybridized carbons (Fsp3) is 0.208. The zero-order valence-corrected chi connectivity index (χ0v) is 19.1. The van der Waals surface area contributed by atoms with E-state index in [1.807, 2.05) is 74.5 Å². The number of aryl methyl sites for hydroxylation is 1. The molecule has 1 aromatic heterocycles. The van der Waals surface area contributed by atoms with Gasteiger partial charge in [0.05, 0.1) is 6.21 Å². The normalized spacial score (nSPS) is 10.9. The third-order valence-corrected chi connectivity index (χ3v) is 5.32. The molecular weight excluding hydrogens is 456 g/mol. The summed E-state index contributed by atoms with van der Waals surface area (Å²) in [5.41, 5.74) is 7.56. The van der Waals surface area contributed by atoms with Crippen LogP contribution in [0.3, 0.4) is 0 Å². The molecule has 31 heavy (non-hydrogen) atoms. The summed E-state index contributed by atoms with van der Waals surface area (Å²) < 4.78 is 3.12. The Morgan fingerprint density at radius 1 is 1.03 bits per heavy atom. The SMILES string of the molecule is Cc1cc(/C=N/NC(=O)CC(=O)NCCc2ccccc2)c(C)n1-c1cccc(Br)c1. The van der Waals surface area contributed by atoms with Gasteiger partial charge in [0, 0.05) is 33.7 Å². The Bertz CT molecular complexity index is 1090. The second-order valence-corrected chi connectivity index (χ2v) is 8.11. The maximum Gasteiger partial charge on any atom is 0.249 e. The average molecular weight is 481 g/mol. The summed E-state index contributed by atoms with van der Waals surface area (Å²) in [4.78, 5) is 23.9. The van der Waals surface area contributed by atoms with E-state index in [-0.39, 0.29) is 12.3 Å². The molecule has 0 saturated heterocycles. The lowest BCUT2D eigenvalue weighted by atomic mass is 10.1. The smallest absolute Gasteiger partial charge is 0.249 e. The Balaban J connectivity index is 1.50. The molecular formula is C24H25BrN4O2. The summed E-state index contributed by atoms with van der Waals surface area (Å²) in [6, 6.07) is 19.9. The topological polar surface area (TPSA) is 75.5 Å².